The van der Waals surface area contributed by atoms with Crippen molar-refractivity contribution in [2.24, 2.45) is 5.92 Å². The largest absolute Gasteiger partial charge is 0.338 e. The molecule has 0 unspecified atom stereocenters. The topological polar surface area (TPSA) is 45.8 Å². The zero-order valence-electron chi connectivity index (χ0n) is 15.2. The third-order valence-corrected chi connectivity index (χ3v) is 5.29. The number of nitrogens with zero attached hydrogens (tertiary/aromatic N) is 1. The number of hydrogen-bond acceptors (Lipinski definition) is 2. The van der Waals surface area contributed by atoms with Crippen LogP contribution in [0.1, 0.15) is 55.2 Å². The summed E-state index contributed by atoms with van der Waals surface area (Å²) in [6.07, 6.45) is 11.1. The number of aromatic nitrogens is 2. The zero-order chi connectivity index (χ0) is 17.9. The second-order valence-electron chi connectivity index (χ2n) is 7.21. The highest BCUT2D eigenvalue weighted by molar-refractivity contribution is 6.01. The van der Waals surface area contributed by atoms with Crippen LogP contribution in [0.4, 0.5) is 0 Å². The lowest BCUT2D eigenvalue weighted by Crippen LogP contribution is -2.02. The summed E-state index contributed by atoms with van der Waals surface area (Å²) in [6, 6.07) is 13.9. The molecule has 1 aromatic heterocycles. The van der Waals surface area contributed by atoms with Gasteiger partial charge in [0.15, 0.2) is 5.78 Å². The molecule has 0 aliphatic heterocycles. The van der Waals surface area contributed by atoms with Gasteiger partial charge in [0.1, 0.15) is 5.82 Å². The van der Waals surface area contributed by atoms with E-state index in [2.05, 4.69) is 28.2 Å². The number of Topliss-reactive ketones (excluding diaryl/α,β-unsaturated/α-hetero) is 1. The van der Waals surface area contributed by atoms with Gasteiger partial charge in [0.25, 0.3) is 0 Å². The maximum atomic E-state index is 11.9. The number of fused-ring (bicyclic) bond motifs is 1. The Labute approximate surface area is 154 Å². The lowest BCUT2D eigenvalue weighted by atomic mass is 9.89. The van der Waals surface area contributed by atoms with Crippen molar-refractivity contribution in [2.45, 2.75) is 39.0 Å². The Kier molecular flexibility index (Phi) is 4.70. The standard InChI is InChI=1S/C23H24N2O/c1-16(26)19-9-5-6-10-20(19)18-12-13-21-22(15-18)25-23(24-21)14-11-17-7-3-2-4-8-17/h5-6,9-15,17H,2-4,7-8H2,1H3,(H,24,25)/b14-11+. The SMILES string of the molecule is CC(=O)c1ccccc1-c1ccc2nc(/C=C/C3CCCCC3)[nH]c2c1. The molecule has 4 rings (SSSR count). The number of carbonyl (C=O) groups is 1. The quantitative estimate of drug-likeness (QED) is 0.588. The van der Waals surface area contributed by atoms with Crippen molar-refractivity contribution in [3.63, 3.8) is 0 Å². The molecule has 3 aromatic rings. The van der Waals surface area contributed by atoms with Crippen LogP contribution in [0.3, 0.4) is 0 Å². The molecule has 0 spiro atoms. The molecule has 1 aliphatic rings. The van der Waals surface area contributed by atoms with Crippen molar-refractivity contribution in [2.75, 3.05) is 0 Å². The van der Waals surface area contributed by atoms with Crippen LogP contribution >= 0.6 is 0 Å². The normalized spacial score (nSPS) is 15.7. The molecular formula is C23H24N2O. The Morgan fingerprint density at radius 1 is 1.12 bits per heavy atom. The van der Waals surface area contributed by atoms with Crippen LogP contribution in [0.25, 0.3) is 28.2 Å². The second-order valence-corrected chi connectivity index (χ2v) is 7.21. The first-order chi connectivity index (χ1) is 12.7. The van der Waals surface area contributed by atoms with Crippen molar-refractivity contribution >= 4 is 22.9 Å². The molecule has 1 saturated carbocycles. The van der Waals surface area contributed by atoms with Crippen molar-refractivity contribution in [3.8, 4) is 11.1 Å². The molecule has 0 amide bonds. The number of H-pyrrole nitrogens is 1. The number of nitrogens with one attached hydrogen (secondary N) is 1. The van der Waals surface area contributed by atoms with Gasteiger partial charge in [0.2, 0.25) is 0 Å². The summed E-state index contributed by atoms with van der Waals surface area (Å²) in [6.45, 7) is 1.61. The second kappa shape index (κ2) is 7.28. The summed E-state index contributed by atoms with van der Waals surface area (Å²) in [5.41, 5.74) is 4.72. The fourth-order valence-corrected chi connectivity index (χ4v) is 3.87. The molecular weight excluding hydrogens is 320 g/mol. The first-order valence-electron chi connectivity index (χ1n) is 9.49. The number of aromatic amines is 1. The van der Waals surface area contributed by atoms with Gasteiger partial charge in [-0.2, -0.15) is 0 Å². The first kappa shape index (κ1) is 16.8. The van der Waals surface area contributed by atoms with Crippen molar-refractivity contribution < 1.29 is 4.79 Å². The summed E-state index contributed by atoms with van der Waals surface area (Å²) in [5, 5.41) is 0. The van der Waals surface area contributed by atoms with Crippen LogP contribution < -0.4 is 0 Å². The summed E-state index contributed by atoms with van der Waals surface area (Å²) < 4.78 is 0. The monoisotopic (exact) mass is 344 g/mol. The number of allylic oxidation sites excluding steroid dienone is 1. The van der Waals surface area contributed by atoms with Gasteiger partial charge in [0.05, 0.1) is 11.0 Å². The van der Waals surface area contributed by atoms with Gasteiger partial charge in [-0.3, -0.25) is 4.79 Å². The van der Waals surface area contributed by atoms with Crippen LogP contribution in [0.2, 0.25) is 0 Å². The van der Waals surface area contributed by atoms with E-state index >= 15 is 0 Å². The van der Waals surface area contributed by atoms with E-state index in [0.717, 1.165) is 33.5 Å². The lowest BCUT2D eigenvalue weighted by Gasteiger charge is -2.17. The number of ketones is 1. The Morgan fingerprint density at radius 3 is 2.73 bits per heavy atom. The summed E-state index contributed by atoms with van der Waals surface area (Å²) in [5.74, 6) is 1.68. The van der Waals surface area contributed by atoms with Crippen molar-refractivity contribution in [1.29, 1.82) is 0 Å². The van der Waals surface area contributed by atoms with Crippen molar-refractivity contribution in [1.82, 2.24) is 9.97 Å². The molecule has 3 nitrogen and oxygen atoms in total. The van der Waals surface area contributed by atoms with Crippen LogP contribution in [0, 0.1) is 5.92 Å². The smallest absolute Gasteiger partial charge is 0.160 e. The highest BCUT2D eigenvalue weighted by Gasteiger charge is 2.11. The molecule has 1 fully saturated rings. The predicted octanol–water partition coefficient (Wildman–Crippen LogP) is 6.03. The minimum absolute atomic E-state index is 0.0846. The molecule has 0 bridgehead atoms. The van der Waals surface area contributed by atoms with Crippen LogP contribution in [-0.4, -0.2) is 15.8 Å². The first-order valence-corrected chi connectivity index (χ1v) is 9.49. The number of imidazole rings is 1. The fourth-order valence-electron chi connectivity index (χ4n) is 3.87. The highest BCUT2D eigenvalue weighted by atomic mass is 16.1. The molecule has 0 radical (unpaired) electrons. The zero-order valence-corrected chi connectivity index (χ0v) is 15.2. The van der Waals surface area contributed by atoms with E-state index in [0.29, 0.717) is 5.92 Å². The van der Waals surface area contributed by atoms with Crippen molar-refractivity contribution in [3.05, 3.63) is 59.9 Å². The number of hydrogen-bond donors (Lipinski definition) is 1. The molecule has 2 aromatic carbocycles. The average Bonchev–Trinajstić information content (AvgIpc) is 3.09. The number of rotatable bonds is 4. The summed E-state index contributed by atoms with van der Waals surface area (Å²) in [4.78, 5) is 20.0. The van der Waals surface area contributed by atoms with E-state index in [1.807, 2.05) is 36.4 Å². The van der Waals surface area contributed by atoms with E-state index < -0.39 is 0 Å². The highest BCUT2D eigenvalue weighted by Crippen LogP contribution is 2.28. The molecule has 1 N–H and O–H groups in total. The van der Waals surface area contributed by atoms with Gasteiger partial charge >= 0.3 is 0 Å². The van der Waals surface area contributed by atoms with Crippen LogP contribution in [0.5, 0.6) is 0 Å². The Hall–Kier alpha value is -2.68. The minimum atomic E-state index is 0.0846. The third-order valence-electron chi connectivity index (χ3n) is 5.29. The van der Waals surface area contributed by atoms with E-state index in [1.54, 1.807) is 6.92 Å². The average molecular weight is 344 g/mol. The molecule has 132 valence electrons. The van der Waals surface area contributed by atoms with Crippen LogP contribution in [-0.2, 0) is 0 Å². The van der Waals surface area contributed by atoms with Gasteiger partial charge in [-0.1, -0.05) is 55.7 Å². The lowest BCUT2D eigenvalue weighted by molar-refractivity contribution is 0.101. The molecule has 3 heteroatoms. The van der Waals surface area contributed by atoms with E-state index in [4.69, 9.17) is 0 Å². The van der Waals surface area contributed by atoms with Gasteiger partial charge < -0.3 is 4.98 Å². The van der Waals surface area contributed by atoms with Gasteiger partial charge in [0, 0.05) is 5.56 Å². The van der Waals surface area contributed by atoms with Crippen LogP contribution in [0.15, 0.2) is 48.5 Å². The maximum Gasteiger partial charge on any atom is 0.160 e. The Balaban J connectivity index is 1.64. The van der Waals surface area contributed by atoms with E-state index in [9.17, 15) is 4.79 Å². The molecule has 1 heterocycles. The summed E-state index contributed by atoms with van der Waals surface area (Å²) in [7, 11) is 0. The Morgan fingerprint density at radius 2 is 1.92 bits per heavy atom. The van der Waals surface area contributed by atoms with Gasteiger partial charge in [-0.05, 0) is 55.0 Å². The molecule has 1 aliphatic carbocycles. The molecule has 0 saturated heterocycles. The van der Waals surface area contributed by atoms with Gasteiger partial charge in [-0.15, -0.1) is 0 Å². The fraction of sp³-hybridized carbons (Fsp3) is 0.304. The maximum absolute atomic E-state index is 11.9. The molecule has 0 atom stereocenters. The number of benzene rings is 2. The van der Waals surface area contributed by atoms with E-state index in [-0.39, 0.29) is 5.78 Å². The summed E-state index contributed by atoms with van der Waals surface area (Å²) >= 11 is 0. The van der Waals surface area contributed by atoms with Gasteiger partial charge in [-0.25, -0.2) is 4.98 Å². The third kappa shape index (κ3) is 3.48. The number of carbonyl (C=O) groups excluding carboxylic acids is 1. The van der Waals surface area contributed by atoms with E-state index in [1.165, 1.54) is 32.1 Å². The predicted molar refractivity (Wildman–Crippen MR) is 107 cm³/mol. The minimum Gasteiger partial charge on any atom is -0.338 e. The molecule has 26 heavy (non-hydrogen) atoms. The Bertz CT molecular complexity index is 961.